The second-order valence-electron chi connectivity index (χ2n) is 9.56. The normalized spacial score (nSPS) is 21.1. The number of carbonyl (C=O) groups is 2. The average molecular weight is 479 g/mol. The molecule has 2 aromatic carbocycles. The minimum absolute atomic E-state index is 0.0118. The predicted molar refractivity (Wildman–Crippen MR) is 128 cm³/mol. The number of H-pyrrole nitrogens is 1. The lowest BCUT2D eigenvalue weighted by atomic mass is 9.68. The highest BCUT2D eigenvalue weighted by atomic mass is 19.1. The number of ether oxygens (including phenoxy) is 2. The molecule has 1 spiro atoms. The third-order valence-electron chi connectivity index (χ3n) is 7.69. The summed E-state index contributed by atoms with van der Waals surface area (Å²) >= 11 is 0. The maximum atomic E-state index is 14.0. The zero-order chi connectivity index (χ0) is 24.2. The smallest absolute Gasteiger partial charge is 0.321 e. The number of amides is 3. The molecule has 2 saturated heterocycles. The fraction of sp³-hybridized carbons (Fsp3) is 0.385. The molecule has 1 aromatic heterocycles. The van der Waals surface area contributed by atoms with Crippen molar-refractivity contribution in [1.29, 1.82) is 0 Å². The number of likely N-dealkylation sites (tertiary alicyclic amines) is 1. The molecule has 6 rings (SSSR count). The van der Waals surface area contributed by atoms with Gasteiger partial charge >= 0.3 is 6.03 Å². The van der Waals surface area contributed by atoms with Gasteiger partial charge in [-0.1, -0.05) is 12.1 Å². The van der Waals surface area contributed by atoms with Crippen molar-refractivity contribution in [2.45, 2.75) is 24.3 Å². The molecule has 2 fully saturated rings. The molecule has 0 saturated carbocycles. The van der Waals surface area contributed by atoms with E-state index < -0.39 is 5.82 Å². The lowest BCUT2D eigenvalue weighted by Crippen LogP contribution is -2.58. The van der Waals surface area contributed by atoms with Crippen molar-refractivity contribution < 1.29 is 23.5 Å². The number of para-hydroxylation sites is 1. The number of anilines is 1. The van der Waals surface area contributed by atoms with Gasteiger partial charge in [0.05, 0.1) is 25.4 Å². The van der Waals surface area contributed by atoms with Crippen molar-refractivity contribution in [3.8, 4) is 5.75 Å². The van der Waals surface area contributed by atoms with E-state index in [0.29, 0.717) is 39.1 Å². The lowest BCUT2D eigenvalue weighted by molar-refractivity contribution is -0.152. The van der Waals surface area contributed by atoms with Crippen LogP contribution >= 0.6 is 0 Å². The highest BCUT2D eigenvalue weighted by Crippen LogP contribution is 2.49. The fourth-order valence-electron chi connectivity index (χ4n) is 5.90. The Hall–Kier alpha value is -3.59. The van der Waals surface area contributed by atoms with Crippen LogP contribution < -0.4 is 10.1 Å². The Labute approximate surface area is 202 Å². The van der Waals surface area contributed by atoms with Gasteiger partial charge in [0.25, 0.3) is 0 Å². The first-order valence-corrected chi connectivity index (χ1v) is 11.9. The number of carbonyl (C=O) groups excluding carboxylic acids is 2. The Morgan fingerprint density at radius 3 is 2.80 bits per heavy atom. The third-order valence-corrected chi connectivity index (χ3v) is 7.69. The van der Waals surface area contributed by atoms with E-state index in [0.717, 1.165) is 22.3 Å². The van der Waals surface area contributed by atoms with Crippen LogP contribution in [0.5, 0.6) is 5.75 Å². The van der Waals surface area contributed by atoms with Crippen molar-refractivity contribution in [1.82, 2.24) is 14.8 Å². The van der Waals surface area contributed by atoms with E-state index in [2.05, 4.69) is 16.4 Å². The summed E-state index contributed by atoms with van der Waals surface area (Å²) in [4.78, 5) is 33.0. The van der Waals surface area contributed by atoms with E-state index in [1.54, 1.807) is 30.2 Å². The van der Waals surface area contributed by atoms with Crippen LogP contribution in [0.1, 0.15) is 30.1 Å². The molecule has 0 aliphatic carbocycles. The number of benzene rings is 2. The molecule has 0 unspecified atom stereocenters. The van der Waals surface area contributed by atoms with E-state index in [-0.39, 0.29) is 35.7 Å². The van der Waals surface area contributed by atoms with E-state index in [4.69, 9.17) is 9.47 Å². The van der Waals surface area contributed by atoms with Crippen LogP contribution in [-0.4, -0.2) is 66.7 Å². The largest absolute Gasteiger partial charge is 0.497 e. The van der Waals surface area contributed by atoms with Crippen LogP contribution in [0.3, 0.4) is 0 Å². The van der Waals surface area contributed by atoms with Gasteiger partial charge in [-0.15, -0.1) is 0 Å². The SMILES string of the molecule is COc1ccc2c3c([nH]c2c1)[C@@H]1COCC(=O)N1CC31CCN(C(=O)Nc2ccccc2F)CC1. The Balaban J connectivity index is 1.33. The molecule has 3 aliphatic heterocycles. The van der Waals surface area contributed by atoms with Crippen molar-refractivity contribution in [2.75, 3.05) is 45.3 Å². The number of hydrogen-bond donors (Lipinski definition) is 2. The number of aromatic nitrogens is 1. The molecular weight excluding hydrogens is 451 g/mol. The lowest BCUT2D eigenvalue weighted by Gasteiger charge is -2.51. The van der Waals surface area contributed by atoms with Gasteiger partial charge in [0.1, 0.15) is 18.2 Å². The first kappa shape index (κ1) is 21.9. The molecule has 35 heavy (non-hydrogen) atoms. The highest BCUT2D eigenvalue weighted by Gasteiger charge is 2.50. The summed E-state index contributed by atoms with van der Waals surface area (Å²) in [5.41, 5.74) is 3.07. The second-order valence-corrected chi connectivity index (χ2v) is 9.56. The summed E-state index contributed by atoms with van der Waals surface area (Å²) in [5.74, 6) is 0.289. The number of morpholine rings is 1. The molecule has 3 aromatic rings. The monoisotopic (exact) mass is 478 g/mol. The molecule has 4 heterocycles. The summed E-state index contributed by atoms with van der Waals surface area (Å²) in [6.07, 6.45) is 1.39. The van der Waals surface area contributed by atoms with Crippen LogP contribution in [0.15, 0.2) is 42.5 Å². The van der Waals surface area contributed by atoms with Crippen LogP contribution in [0.4, 0.5) is 14.9 Å². The number of nitrogens with zero attached hydrogens (tertiary/aromatic N) is 2. The van der Waals surface area contributed by atoms with Crippen LogP contribution in [-0.2, 0) is 14.9 Å². The van der Waals surface area contributed by atoms with E-state index in [9.17, 15) is 14.0 Å². The standard InChI is InChI=1S/C26H27FN4O4/c1-34-16-6-7-17-20(12-16)28-24-21-13-35-14-22(32)31(21)15-26(23(17)24)8-10-30(11-9-26)25(33)29-19-5-3-2-4-18(19)27/h2-7,12,21,28H,8-11,13-15H2,1H3,(H,29,33)/t21-/m0/s1. The third kappa shape index (κ3) is 3.53. The fourth-order valence-corrected chi connectivity index (χ4v) is 5.90. The van der Waals surface area contributed by atoms with Gasteiger partial charge in [-0.3, -0.25) is 4.79 Å². The van der Waals surface area contributed by atoms with Gasteiger partial charge in [-0.2, -0.15) is 0 Å². The zero-order valence-corrected chi connectivity index (χ0v) is 19.5. The van der Waals surface area contributed by atoms with Gasteiger partial charge in [0, 0.05) is 47.7 Å². The number of aromatic amines is 1. The molecule has 0 bridgehead atoms. The van der Waals surface area contributed by atoms with Crippen molar-refractivity contribution in [3.63, 3.8) is 0 Å². The minimum atomic E-state index is -0.461. The van der Waals surface area contributed by atoms with Gasteiger partial charge in [0.2, 0.25) is 5.91 Å². The summed E-state index contributed by atoms with van der Waals surface area (Å²) in [6, 6.07) is 11.7. The van der Waals surface area contributed by atoms with E-state index in [1.165, 1.54) is 11.6 Å². The molecule has 3 aliphatic rings. The van der Waals surface area contributed by atoms with Gasteiger partial charge < -0.3 is 29.6 Å². The Morgan fingerprint density at radius 2 is 2.03 bits per heavy atom. The van der Waals surface area contributed by atoms with Crippen LogP contribution in [0.2, 0.25) is 0 Å². The maximum Gasteiger partial charge on any atom is 0.321 e. The van der Waals surface area contributed by atoms with Crippen molar-refractivity contribution in [2.24, 2.45) is 0 Å². The first-order chi connectivity index (χ1) is 17.0. The molecule has 182 valence electrons. The van der Waals surface area contributed by atoms with Gasteiger partial charge in [-0.05, 0) is 42.7 Å². The summed E-state index contributed by atoms with van der Waals surface area (Å²) in [7, 11) is 1.64. The first-order valence-electron chi connectivity index (χ1n) is 11.9. The average Bonchev–Trinajstić information content (AvgIpc) is 3.27. The Kier molecular flexibility index (Phi) is 5.17. The predicted octanol–water partition coefficient (Wildman–Crippen LogP) is 3.79. The number of rotatable bonds is 2. The van der Waals surface area contributed by atoms with Crippen molar-refractivity contribution in [3.05, 3.63) is 59.5 Å². The topological polar surface area (TPSA) is 86.9 Å². The molecule has 8 nitrogen and oxygen atoms in total. The molecule has 1 atom stereocenters. The number of halogens is 1. The van der Waals surface area contributed by atoms with E-state index in [1.807, 2.05) is 17.0 Å². The molecule has 2 N–H and O–H groups in total. The van der Waals surface area contributed by atoms with Gasteiger partial charge in [0.15, 0.2) is 0 Å². The quantitative estimate of drug-likeness (QED) is 0.587. The zero-order valence-electron chi connectivity index (χ0n) is 19.5. The number of nitrogens with one attached hydrogen (secondary N) is 2. The molecule has 0 radical (unpaired) electrons. The van der Waals surface area contributed by atoms with E-state index >= 15 is 0 Å². The van der Waals surface area contributed by atoms with Crippen LogP contribution in [0, 0.1) is 5.82 Å². The molecule has 9 heteroatoms. The number of methoxy groups -OCH3 is 1. The highest BCUT2D eigenvalue weighted by molar-refractivity contribution is 5.91. The molecular formula is C26H27FN4O4. The van der Waals surface area contributed by atoms with Crippen LogP contribution in [0.25, 0.3) is 10.9 Å². The summed E-state index contributed by atoms with van der Waals surface area (Å²) in [6.45, 7) is 2.15. The second kappa shape index (κ2) is 8.27. The number of urea groups is 1. The Bertz CT molecular complexity index is 1310. The van der Waals surface area contributed by atoms with Crippen molar-refractivity contribution >= 4 is 28.5 Å². The summed E-state index contributed by atoms with van der Waals surface area (Å²) < 4.78 is 25.1. The molecule has 3 amide bonds. The minimum Gasteiger partial charge on any atom is -0.497 e. The number of hydrogen-bond acceptors (Lipinski definition) is 4. The number of fused-ring (bicyclic) bond motifs is 6. The Morgan fingerprint density at radius 1 is 1.23 bits per heavy atom. The maximum absolute atomic E-state index is 14.0. The summed E-state index contributed by atoms with van der Waals surface area (Å²) in [5, 5.41) is 3.80. The number of piperidine rings is 1. The van der Waals surface area contributed by atoms with Gasteiger partial charge in [-0.25, -0.2) is 9.18 Å².